The third kappa shape index (κ3) is 3.40. The summed E-state index contributed by atoms with van der Waals surface area (Å²) in [7, 11) is 0. The predicted molar refractivity (Wildman–Crippen MR) is 41.8 cm³/mol. The van der Waals surface area contributed by atoms with Gasteiger partial charge in [0.1, 0.15) is 0 Å². The monoisotopic (exact) mass is 156 g/mol. The van der Waals surface area contributed by atoms with Crippen LogP contribution in [0.4, 0.5) is 4.79 Å². The summed E-state index contributed by atoms with van der Waals surface area (Å²) in [6.07, 6.45) is 2.24. The summed E-state index contributed by atoms with van der Waals surface area (Å²) in [5.74, 6) is -0.414. The summed E-state index contributed by atoms with van der Waals surface area (Å²) >= 11 is 0. The van der Waals surface area contributed by atoms with E-state index >= 15 is 0 Å². The lowest BCUT2D eigenvalue weighted by atomic mass is 10.2. The van der Waals surface area contributed by atoms with Crippen molar-refractivity contribution in [1.82, 2.24) is 5.32 Å². The van der Waals surface area contributed by atoms with Crippen LogP contribution in [0.2, 0.25) is 0 Å². The first kappa shape index (κ1) is 9.68. The molecule has 0 fully saturated rings. The lowest BCUT2D eigenvalue weighted by molar-refractivity contribution is -0.116. The zero-order valence-corrected chi connectivity index (χ0v) is 6.68. The lowest BCUT2D eigenvalue weighted by Gasteiger charge is -2.01. The second-order valence-corrected chi connectivity index (χ2v) is 1.99. The quantitative estimate of drug-likeness (QED) is 0.572. The zero-order valence-electron chi connectivity index (χ0n) is 6.68. The maximum atomic E-state index is 10.9. The number of nitrogens with one attached hydrogen (secondary N) is 1. The zero-order chi connectivity index (χ0) is 8.85. The molecule has 0 aromatic carbocycles. The number of carbonyl (C=O) groups is 2. The van der Waals surface area contributed by atoms with Gasteiger partial charge in [0, 0.05) is 5.57 Å². The number of nitrogens with two attached hydrogens (primary N) is 1. The fourth-order valence-electron chi connectivity index (χ4n) is 0.688. The molecular weight excluding hydrogens is 144 g/mol. The maximum absolute atomic E-state index is 10.9. The fourth-order valence-corrected chi connectivity index (χ4v) is 0.688. The van der Waals surface area contributed by atoms with Crippen molar-refractivity contribution in [2.24, 2.45) is 5.73 Å². The van der Waals surface area contributed by atoms with E-state index in [9.17, 15) is 9.59 Å². The fraction of sp³-hybridized carbons (Fsp3) is 0.429. The molecule has 0 aliphatic rings. The van der Waals surface area contributed by atoms with Gasteiger partial charge in [0.2, 0.25) is 0 Å². The van der Waals surface area contributed by atoms with Gasteiger partial charge >= 0.3 is 6.03 Å². The number of amides is 3. The predicted octanol–water partition coefficient (Wildman–Crippen LogP) is 0.538. The van der Waals surface area contributed by atoms with E-state index < -0.39 is 11.9 Å². The highest BCUT2D eigenvalue weighted by Gasteiger charge is 2.06. The standard InChI is InChI=1S/C7H12N2O2/c1-3-5(4-2)6(10)9-7(8)11/h3H,4H2,1-2H3,(H3,8,9,10,11)/b5-3-. The molecular formula is C7H12N2O2. The molecule has 0 unspecified atom stereocenters. The van der Waals surface area contributed by atoms with E-state index in [4.69, 9.17) is 5.73 Å². The highest BCUT2D eigenvalue weighted by molar-refractivity contribution is 6.03. The Bertz CT molecular complexity index is 197. The second kappa shape index (κ2) is 4.49. The summed E-state index contributed by atoms with van der Waals surface area (Å²) in [6.45, 7) is 3.56. The third-order valence-electron chi connectivity index (χ3n) is 1.26. The molecule has 0 heterocycles. The van der Waals surface area contributed by atoms with Crippen molar-refractivity contribution < 1.29 is 9.59 Å². The summed E-state index contributed by atoms with van der Waals surface area (Å²) in [6, 6.07) is -0.817. The largest absolute Gasteiger partial charge is 0.351 e. The Balaban J connectivity index is 4.12. The highest BCUT2D eigenvalue weighted by atomic mass is 16.2. The maximum Gasteiger partial charge on any atom is 0.319 e. The second-order valence-electron chi connectivity index (χ2n) is 1.99. The minimum Gasteiger partial charge on any atom is -0.351 e. The molecule has 0 aliphatic heterocycles. The van der Waals surface area contributed by atoms with Gasteiger partial charge < -0.3 is 5.73 Å². The summed E-state index contributed by atoms with van der Waals surface area (Å²) in [5.41, 5.74) is 5.30. The molecule has 0 atom stereocenters. The van der Waals surface area contributed by atoms with E-state index in [-0.39, 0.29) is 0 Å². The summed E-state index contributed by atoms with van der Waals surface area (Å²) in [4.78, 5) is 21.1. The number of allylic oxidation sites excluding steroid dienone is 1. The highest BCUT2D eigenvalue weighted by Crippen LogP contribution is 1.98. The first-order valence-electron chi connectivity index (χ1n) is 3.37. The SMILES string of the molecule is C/C=C(/CC)C(=O)NC(N)=O. The Labute approximate surface area is 65.5 Å². The number of rotatable bonds is 2. The van der Waals surface area contributed by atoms with Crippen LogP contribution in [-0.4, -0.2) is 11.9 Å². The van der Waals surface area contributed by atoms with Gasteiger partial charge in [0.15, 0.2) is 0 Å². The summed E-state index contributed by atoms with van der Waals surface area (Å²) in [5, 5.41) is 1.98. The molecule has 0 spiro atoms. The molecule has 4 heteroatoms. The molecule has 62 valence electrons. The number of urea groups is 1. The van der Waals surface area contributed by atoms with Gasteiger partial charge in [-0.05, 0) is 13.3 Å². The smallest absolute Gasteiger partial charge is 0.319 e. The Morgan fingerprint density at radius 1 is 1.55 bits per heavy atom. The van der Waals surface area contributed by atoms with Gasteiger partial charge in [-0.15, -0.1) is 0 Å². The van der Waals surface area contributed by atoms with Crippen LogP contribution >= 0.6 is 0 Å². The molecule has 0 bridgehead atoms. The van der Waals surface area contributed by atoms with Crippen LogP contribution in [0.5, 0.6) is 0 Å². The molecule has 0 aliphatic carbocycles. The molecule has 4 nitrogen and oxygen atoms in total. The lowest BCUT2D eigenvalue weighted by Crippen LogP contribution is -2.35. The number of hydrogen-bond donors (Lipinski definition) is 2. The Morgan fingerprint density at radius 2 is 2.09 bits per heavy atom. The minimum absolute atomic E-state index is 0.414. The van der Waals surface area contributed by atoms with Crippen molar-refractivity contribution in [2.45, 2.75) is 20.3 Å². The van der Waals surface area contributed by atoms with Crippen molar-refractivity contribution in [3.63, 3.8) is 0 Å². The van der Waals surface area contributed by atoms with Gasteiger partial charge in [-0.3, -0.25) is 10.1 Å². The molecule has 0 aromatic heterocycles. The van der Waals surface area contributed by atoms with Crippen molar-refractivity contribution in [1.29, 1.82) is 0 Å². The van der Waals surface area contributed by atoms with E-state index in [1.807, 2.05) is 12.2 Å². The van der Waals surface area contributed by atoms with Crippen molar-refractivity contribution in [2.75, 3.05) is 0 Å². The Morgan fingerprint density at radius 3 is 2.36 bits per heavy atom. The van der Waals surface area contributed by atoms with E-state index in [1.165, 1.54) is 0 Å². The number of hydrogen-bond acceptors (Lipinski definition) is 2. The molecule has 3 N–H and O–H groups in total. The van der Waals surface area contributed by atoms with Crippen LogP contribution in [0.25, 0.3) is 0 Å². The van der Waals surface area contributed by atoms with Gasteiger partial charge in [-0.1, -0.05) is 13.0 Å². The van der Waals surface area contributed by atoms with Crippen LogP contribution in [0.15, 0.2) is 11.6 Å². The number of carbonyl (C=O) groups excluding carboxylic acids is 2. The van der Waals surface area contributed by atoms with E-state index in [1.54, 1.807) is 13.0 Å². The normalized spacial score (nSPS) is 10.9. The Hall–Kier alpha value is -1.32. The van der Waals surface area contributed by atoms with Crippen LogP contribution in [0.1, 0.15) is 20.3 Å². The Kier molecular flexibility index (Phi) is 3.95. The molecule has 0 radical (unpaired) electrons. The summed E-state index contributed by atoms with van der Waals surface area (Å²) < 4.78 is 0. The molecule has 11 heavy (non-hydrogen) atoms. The molecule has 0 saturated carbocycles. The van der Waals surface area contributed by atoms with E-state index in [0.717, 1.165) is 0 Å². The van der Waals surface area contributed by atoms with Gasteiger partial charge in [-0.2, -0.15) is 0 Å². The van der Waals surface area contributed by atoms with Crippen LogP contribution in [0, 0.1) is 0 Å². The topological polar surface area (TPSA) is 72.2 Å². The van der Waals surface area contributed by atoms with Gasteiger partial charge in [0.25, 0.3) is 5.91 Å². The van der Waals surface area contributed by atoms with Crippen LogP contribution < -0.4 is 11.1 Å². The molecule has 0 saturated heterocycles. The van der Waals surface area contributed by atoms with Crippen molar-refractivity contribution in [3.8, 4) is 0 Å². The third-order valence-corrected chi connectivity index (χ3v) is 1.26. The van der Waals surface area contributed by atoms with E-state index in [2.05, 4.69) is 0 Å². The average Bonchev–Trinajstić information content (AvgIpc) is 1.88. The van der Waals surface area contributed by atoms with Crippen molar-refractivity contribution in [3.05, 3.63) is 11.6 Å². The van der Waals surface area contributed by atoms with E-state index in [0.29, 0.717) is 12.0 Å². The molecule has 0 aromatic rings. The first-order chi connectivity index (χ1) is 5.11. The van der Waals surface area contributed by atoms with Crippen LogP contribution in [-0.2, 0) is 4.79 Å². The van der Waals surface area contributed by atoms with Gasteiger partial charge in [0.05, 0.1) is 0 Å². The van der Waals surface area contributed by atoms with Crippen molar-refractivity contribution >= 4 is 11.9 Å². The average molecular weight is 156 g/mol. The molecule has 0 rings (SSSR count). The first-order valence-corrected chi connectivity index (χ1v) is 3.37. The van der Waals surface area contributed by atoms with Gasteiger partial charge in [-0.25, -0.2) is 4.79 Å². The minimum atomic E-state index is -0.817. The molecule has 3 amide bonds. The number of imide groups is 1. The van der Waals surface area contributed by atoms with Crippen LogP contribution in [0.3, 0.4) is 0 Å². The number of primary amides is 1.